The lowest BCUT2D eigenvalue weighted by atomic mass is 10.2. The maximum Gasteiger partial charge on any atom is 0.112 e. The minimum Gasteiger partial charge on any atom is -0.395 e. The molecule has 3 aromatic rings. The number of nitrogens with zero attached hydrogens (tertiary/aromatic N) is 3. The predicted molar refractivity (Wildman–Crippen MR) is 77.7 cm³/mol. The highest BCUT2D eigenvalue weighted by Gasteiger charge is 2.13. The summed E-state index contributed by atoms with van der Waals surface area (Å²) >= 11 is 0. The molecule has 2 heterocycles. The molecular formula is C15H17N3O2. The minimum atomic E-state index is 0.0854. The van der Waals surface area contributed by atoms with E-state index in [2.05, 4.69) is 14.5 Å². The second kappa shape index (κ2) is 5.56. The first-order chi connectivity index (χ1) is 9.85. The Morgan fingerprint density at radius 2 is 2.10 bits per heavy atom. The molecule has 0 fully saturated rings. The van der Waals surface area contributed by atoms with Crippen molar-refractivity contribution in [3.8, 4) is 0 Å². The third kappa shape index (κ3) is 2.15. The molecule has 0 aliphatic carbocycles. The third-order valence-corrected chi connectivity index (χ3v) is 3.41. The number of ether oxygens (including phenoxy) is 1. The Hall–Kier alpha value is -1.98. The molecule has 0 saturated carbocycles. The monoisotopic (exact) mass is 271 g/mol. The second-order valence-corrected chi connectivity index (χ2v) is 4.66. The van der Waals surface area contributed by atoms with Crippen molar-refractivity contribution in [2.45, 2.75) is 13.0 Å². The Balaban J connectivity index is 2.26. The molecule has 0 radical (unpaired) electrons. The van der Waals surface area contributed by atoms with Gasteiger partial charge in [-0.1, -0.05) is 18.2 Å². The Kier molecular flexibility index (Phi) is 3.62. The number of pyridine rings is 1. The van der Waals surface area contributed by atoms with Gasteiger partial charge < -0.3 is 14.4 Å². The van der Waals surface area contributed by atoms with Crippen molar-refractivity contribution < 1.29 is 9.84 Å². The molecule has 0 atom stereocenters. The number of para-hydroxylation sites is 1. The summed E-state index contributed by atoms with van der Waals surface area (Å²) < 4.78 is 7.20. The van der Waals surface area contributed by atoms with E-state index >= 15 is 0 Å². The summed E-state index contributed by atoms with van der Waals surface area (Å²) in [5, 5.41) is 10.4. The summed E-state index contributed by atoms with van der Waals surface area (Å²) in [6, 6.07) is 7.99. The van der Waals surface area contributed by atoms with Crippen molar-refractivity contribution in [1.29, 1.82) is 0 Å². The Morgan fingerprint density at radius 1 is 1.25 bits per heavy atom. The summed E-state index contributed by atoms with van der Waals surface area (Å²) in [6.45, 7) is 1.23. The molecule has 0 unspecified atom stereocenters. The molecule has 0 aliphatic rings. The van der Waals surface area contributed by atoms with Crippen molar-refractivity contribution in [2.75, 3.05) is 20.3 Å². The predicted octanol–water partition coefficient (Wildman–Crippen LogP) is 1.77. The fourth-order valence-electron chi connectivity index (χ4n) is 2.54. The van der Waals surface area contributed by atoms with Gasteiger partial charge in [0.15, 0.2) is 0 Å². The van der Waals surface area contributed by atoms with Gasteiger partial charge in [0.2, 0.25) is 0 Å². The first-order valence-electron chi connectivity index (χ1n) is 6.68. The van der Waals surface area contributed by atoms with Crippen LogP contribution >= 0.6 is 0 Å². The molecule has 1 N–H and O–H groups in total. The SMILES string of the molecule is COCCc1nc2cnc3ccccc3c2n1CCO. The molecular weight excluding hydrogens is 254 g/mol. The van der Waals surface area contributed by atoms with E-state index in [-0.39, 0.29) is 6.61 Å². The van der Waals surface area contributed by atoms with Gasteiger partial charge in [0.25, 0.3) is 0 Å². The van der Waals surface area contributed by atoms with Gasteiger partial charge in [-0.25, -0.2) is 4.98 Å². The molecule has 104 valence electrons. The molecule has 0 spiro atoms. The van der Waals surface area contributed by atoms with Gasteiger partial charge in [-0.3, -0.25) is 4.98 Å². The van der Waals surface area contributed by atoms with Gasteiger partial charge in [-0.05, 0) is 6.07 Å². The van der Waals surface area contributed by atoms with Crippen LogP contribution in [0.4, 0.5) is 0 Å². The molecule has 0 amide bonds. The lowest BCUT2D eigenvalue weighted by molar-refractivity contribution is 0.198. The van der Waals surface area contributed by atoms with Crippen LogP contribution in [-0.2, 0) is 17.7 Å². The highest BCUT2D eigenvalue weighted by Crippen LogP contribution is 2.24. The Labute approximate surface area is 116 Å². The van der Waals surface area contributed by atoms with Crippen LogP contribution in [0.25, 0.3) is 21.9 Å². The number of fused-ring (bicyclic) bond motifs is 3. The van der Waals surface area contributed by atoms with Crippen molar-refractivity contribution in [1.82, 2.24) is 14.5 Å². The van der Waals surface area contributed by atoms with Crippen molar-refractivity contribution in [3.63, 3.8) is 0 Å². The molecule has 5 heteroatoms. The van der Waals surface area contributed by atoms with Gasteiger partial charge >= 0.3 is 0 Å². The molecule has 3 rings (SSSR count). The smallest absolute Gasteiger partial charge is 0.112 e. The maximum absolute atomic E-state index is 9.32. The second-order valence-electron chi connectivity index (χ2n) is 4.66. The van der Waals surface area contributed by atoms with Gasteiger partial charge in [0.1, 0.15) is 11.3 Å². The molecule has 1 aromatic carbocycles. The van der Waals surface area contributed by atoms with Crippen LogP contribution in [0.2, 0.25) is 0 Å². The van der Waals surface area contributed by atoms with Crippen LogP contribution in [0, 0.1) is 0 Å². The van der Waals surface area contributed by atoms with Crippen LogP contribution in [0.15, 0.2) is 30.5 Å². The molecule has 0 aliphatic heterocycles. The number of aliphatic hydroxyl groups excluding tert-OH is 1. The van der Waals surface area contributed by atoms with E-state index in [1.54, 1.807) is 13.3 Å². The zero-order valence-electron chi connectivity index (χ0n) is 11.4. The number of benzene rings is 1. The van der Waals surface area contributed by atoms with Gasteiger partial charge in [0, 0.05) is 25.5 Å². The summed E-state index contributed by atoms with van der Waals surface area (Å²) in [7, 11) is 1.68. The van der Waals surface area contributed by atoms with Crippen LogP contribution < -0.4 is 0 Å². The van der Waals surface area contributed by atoms with Crippen LogP contribution in [-0.4, -0.2) is 40.0 Å². The zero-order chi connectivity index (χ0) is 13.9. The van der Waals surface area contributed by atoms with E-state index < -0.39 is 0 Å². The normalized spacial score (nSPS) is 11.5. The third-order valence-electron chi connectivity index (χ3n) is 3.41. The molecule has 5 nitrogen and oxygen atoms in total. The fraction of sp³-hybridized carbons (Fsp3) is 0.333. The highest BCUT2D eigenvalue weighted by molar-refractivity contribution is 6.02. The highest BCUT2D eigenvalue weighted by atomic mass is 16.5. The number of hydrogen-bond donors (Lipinski definition) is 1. The number of aromatic nitrogens is 3. The van der Waals surface area contributed by atoms with Crippen molar-refractivity contribution in [3.05, 3.63) is 36.3 Å². The van der Waals surface area contributed by atoms with E-state index in [0.29, 0.717) is 13.2 Å². The maximum atomic E-state index is 9.32. The molecule has 20 heavy (non-hydrogen) atoms. The number of methoxy groups -OCH3 is 1. The lowest BCUT2D eigenvalue weighted by Crippen LogP contribution is -2.09. The van der Waals surface area contributed by atoms with E-state index in [1.807, 2.05) is 24.3 Å². The van der Waals surface area contributed by atoms with Crippen LogP contribution in [0.5, 0.6) is 0 Å². The largest absolute Gasteiger partial charge is 0.395 e. The van der Waals surface area contributed by atoms with E-state index in [4.69, 9.17) is 4.74 Å². The van der Waals surface area contributed by atoms with Gasteiger partial charge in [-0.2, -0.15) is 0 Å². The summed E-state index contributed by atoms with van der Waals surface area (Å²) in [5.41, 5.74) is 2.84. The number of hydrogen-bond acceptors (Lipinski definition) is 4. The number of rotatable bonds is 5. The fourth-order valence-corrected chi connectivity index (χ4v) is 2.54. The van der Waals surface area contributed by atoms with Gasteiger partial charge in [-0.15, -0.1) is 0 Å². The van der Waals surface area contributed by atoms with Gasteiger partial charge in [0.05, 0.1) is 30.4 Å². The Bertz CT molecular complexity index is 736. The Morgan fingerprint density at radius 3 is 2.90 bits per heavy atom. The van der Waals surface area contributed by atoms with Crippen molar-refractivity contribution in [2.24, 2.45) is 0 Å². The van der Waals surface area contributed by atoms with Crippen LogP contribution in [0.3, 0.4) is 0 Å². The van der Waals surface area contributed by atoms with E-state index in [0.717, 1.165) is 34.2 Å². The average Bonchev–Trinajstić information content (AvgIpc) is 2.84. The topological polar surface area (TPSA) is 60.2 Å². The van der Waals surface area contributed by atoms with Crippen LogP contribution in [0.1, 0.15) is 5.82 Å². The quantitative estimate of drug-likeness (QED) is 0.768. The average molecular weight is 271 g/mol. The lowest BCUT2D eigenvalue weighted by Gasteiger charge is -2.08. The molecule has 0 saturated heterocycles. The minimum absolute atomic E-state index is 0.0854. The first kappa shape index (κ1) is 13.0. The first-order valence-corrected chi connectivity index (χ1v) is 6.68. The molecule has 2 aromatic heterocycles. The summed E-state index contributed by atoms with van der Waals surface area (Å²) in [5.74, 6) is 0.925. The van der Waals surface area contributed by atoms with E-state index in [1.165, 1.54) is 0 Å². The zero-order valence-corrected chi connectivity index (χ0v) is 11.4. The number of aliphatic hydroxyl groups is 1. The molecule has 0 bridgehead atoms. The number of imidazole rings is 1. The van der Waals surface area contributed by atoms with E-state index in [9.17, 15) is 5.11 Å². The summed E-state index contributed by atoms with van der Waals surface area (Å²) in [6.07, 6.45) is 2.52. The summed E-state index contributed by atoms with van der Waals surface area (Å²) in [4.78, 5) is 9.06. The standard InChI is InChI=1S/C15H17N3O2/c1-20-9-6-14-17-13-10-16-12-5-3-2-4-11(12)15(13)18(14)7-8-19/h2-5,10,19H,6-9H2,1H3. The van der Waals surface area contributed by atoms with Crippen molar-refractivity contribution >= 4 is 21.9 Å².